The zero-order valence-electron chi connectivity index (χ0n) is 11.4. The molecule has 3 nitrogen and oxygen atoms in total. The van der Waals surface area contributed by atoms with E-state index in [4.69, 9.17) is 0 Å². The predicted octanol–water partition coefficient (Wildman–Crippen LogP) is 3.94. The fourth-order valence-corrected chi connectivity index (χ4v) is 2.87. The Balaban J connectivity index is 2.01. The van der Waals surface area contributed by atoms with E-state index in [0.717, 1.165) is 28.4 Å². The van der Waals surface area contributed by atoms with E-state index < -0.39 is 0 Å². The second-order valence-electron chi connectivity index (χ2n) is 5.15. The highest BCUT2D eigenvalue weighted by Gasteiger charge is 2.11. The first kappa shape index (κ1) is 12.0. The van der Waals surface area contributed by atoms with Gasteiger partial charge in [0.1, 0.15) is 0 Å². The van der Waals surface area contributed by atoms with Crippen LogP contribution in [0.25, 0.3) is 21.8 Å². The van der Waals surface area contributed by atoms with Crippen LogP contribution in [0, 0.1) is 0 Å². The molecule has 0 unspecified atom stereocenters. The molecule has 0 amide bonds. The summed E-state index contributed by atoms with van der Waals surface area (Å²) in [5.74, 6) is 0.0603. The van der Waals surface area contributed by atoms with Gasteiger partial charge in [-0.25, -0.2) is 4.98 Å². The lowest BCUT2D eigenvalue weighted by Crippen LogP contribution is -1.99. The molecule has 21 heavy (non-hydrogen) atoms. The van der Waals surface area contributed by atoms with E-state index in [9.17, 15) is 5.11 Å². The van der Waals surface area contributed by atoms with E-state index in [-0.39, 0.29) is 5.88 Å². The largest absolute Gasteiger partial charge is 0.493 e. The van der Waals surface area contributed by atoms with Crippen LogP contribution in [0.5, 0.6) is 5.88 Å². The molecule has 0 aliphatic rings. The first-order valence-corrected chi connectivity index (χ1v) is 6.93. The van der Waals surface area contributed by atoms with Crippen molar-refractivity contribution in [1.82, 2.24) is 9.55 Å². The van der Waals surface area contributed by atoms with Crippen LogP contribution in [0.4, 0.5) is 0 Å². The molecule has 2 aromatic heterocycles. The van der Waals surface area contributed by atoms with Gasteiger partial charge in [-0.1, -0.05) is 48.5 Å². The second kappa shape index (κ2) is 4.63. The van der Waals surface area contributed by atoms with Crippen LogP contribution >= 0.6 is 0 Å². The van der Waals surface area contributed by atoms with Gasteiger partial charge in [-0.2, -0.15) is 0 Å². The third-order valence-electron chi connectivity index (χ3n) is 3.83. The topological polar surface area (TPSA) is 38.0 Å². The smallest absolute Gasteiger partial charge is 0.211 e. The molecular formula is C18H14N2O. The van der Waals surface area contributed by atoms with Gasteiger partial charge >= 0.3 is 0 Å². The van der Waals surface area contributed by atoms with Crippen LogP contribution < -0.4 is 0 Å². The highest BCUT2D eigenvalue weighted by atomic mass is 16.3. The van der Waals surface area contributed by atoms with Crippen LogP contribution in [0.15, 0.2) is 66.9 Å². The minimum Gasteiger partial charge on any atom is -0.493 e. The molecular weight excluding hydrogens is 260 g/mol. The summed E-state index contributed by atoms with van der Waals surface area (Å²) in [4.78, 5) is 4.04. The van der Waals surface area contributed by atoms with Crippen molar-refractivity contribution in [2.24, 2.45) is 0 Å². The van der Waals surface area contributed by atoms with Crippen molar-refractivity contribution < 1.29 is 5.11 Å². The number of rotatable bonds is 2. The van der Waals surface area contributed by atoms with Crippen LogP contribution in [0.1, 0.15) is 5.56 Å². The van der Waals surface area contributed by atoms with Crippen molar-refractivity contribution in [3.8, 4) is 5.88 Å². The van der Waals surface area contributed by atoms with Gasteiger partial charge in [0, 0.05) is 28.9 Å². The summed E-state index contributed by atoms with van der Waals surface area (Å²) in [6.45, 7) is 0.789. The number of pyridine rings is 1. The number of aromatic nitrogens is 2. The van der Waals surface area contributed by atoms with Crippen molar-refractivity contribution in [3.63, 3.8) is 0 Å². The van der Waals surface area contributed by atoms with Crippen LogP contribution in [0.2, 0.25) is 0 Å². The number of fused-ring (bicyclic) bond motifs is 3. The lowest BCUT2D eigenvalue weighted by atomic mass is 10.2. The molecule has 0 bridgehead atoms. The van der Waals surface area contributed by atoms with Crippen molar-refractivity contribution in [3.05, 3.63) is 72.4 Å². The third kappa shape index (κ3) is 1.94. The van der Waals surface area contributed by atoms with E-state index in [0.29, 0.717) is 0 Å². The maximum absolute atomic E-state index is 9.67. The Morgan fingerprint density at radius 2 is 1.62 bits per heavy atom. The van der Waals surface area contributed by atoms with Gasteiger partial charge < -0.3 is 9.67 Å². The molecule has 0 saturated carbocycles. The number of hydrogen-bond donors (Lipinski definition) is 1. The minimum atomic E-state index is 0.0603. The predicted molar refractivity (Wildman–Crippen MR) is 84.4 cm³/mol. The Bertz CT molecular complexity index is 926. The summed E-state index contributed by atoms with van der Waals surface area (Å²) in [5.41, 5.74) is 3.44. The van der Waals surface area contributed by atoms with Crippen molar-refractivity contribution >= 4 is 21.8 Å². The number of aromatic hydroxyl groups is 1. The summed E-state index contributed by atoms with van der Waals surface area (Å²) in [5, 5.41) is 11.8. The van der Waals surface area contributed by atoms with Crippen LogP contribution in [-0.2, 0) is 6.54 Å². The molecule has 2 heterocycles. The summed E-state index contributed by atoms with van der Waals surface area (Å²) in [7, 11) is 0. The van der Waals surface area contributed by atoms with Crippen LogP contribution in [-0.4, -0.2) is 14.7 Å². The molecule has 2 aromatic carbocycles. The van der Waals surface area contributed by atoms with E-state index in [1.807, 2.05) is 30.3 Å². The van der Waals surface area contributed by atoms with E-state index in [1.54, 1.807) is 12.3 Å². The molecule has 102 valence electrons. The maximum Gasteiger partial charge on any atom is 0.211 e. The first-order chi connectivity index (χ1) is 10.3. The molecule has 3 heteroatoms. The summed E-state index contributed by atoms with van der Waals surface area (Å²) < 4.78 is 2.24. The lowest BCUT2D eigenvalue weighted by molar-refractivity contribution is 0.454. The van der Waals surface area contributed by atoms with Gasteiger partial charge in [0.25, 0.3) is 0 Å². The van der Waals surface area contributed by atoms with E-state index in [1.165, 1.54) is 5.56 Å². The number of benzene rings is 2. The average molecular weight is 274 g/mol. The van der Waals surface area contributed by atoms with Crippen molar-refractivity contribution in [2.75, 3.05) is 0 Å². The highest BCUT2D eigenvalue weighted by Crippen LogP contribution is 2.30. The average Bonchev–Trinajstić information content (AvgIpc) is 2.82. The molecule has 0 atom stereocenters. The Morgan fingerprint density at radius 1 is 0.857 bits per heavy atom. The first-order valence-electron chi connectivity index (χ1n) is 6.93. The monoisotopic (exact) mass is 274 g/mol. The highest BCUT2D eigenvalue weighted by molar-refractivity contribution is 6.08. The van der Waals surface area contributed by atoms with Gasteiger partial charge in [-0.15, -0.1) is 0 Å². The van der Waals surface area contributed by atoms with Gasteiger partial charge in [-0.05, 0) is 11.6 Å². The molecule has 0 fully saturated rings. The quantitative estimate of drug-likeness (QED) is 0.601. The normalized spacial score (nSPS) is 11.2. The molecule has 4 rings (SSSR count). The fraction of sp³-hybridized carbons (Fsp3) is 0.0556. The molecule has 4 aromatic rings. The van der Waals surface area contributed by atoms with E-state index >= 15 is 0 Å². The number of nitrogens with zero attached hydrogens (tertiary/aromatic N) is 2. The molecule has 0 spiro atoms. The summed E-state index contributed by atoms with van der Waals surface area (Å²) >= 11 is 0. The Morgan fingerprint density at radius 3 is 2.48 bits per heavy atom. The number of para-hydroxylation sites is 1. The minimum absolute atomic E-state index is 0.0603. The Hall–Kier alpha value is -2.81. The SMILES string of the molecule is Oc1cc2c3ccccc3n(Cc3ccccc3)c2cn1. The van der Waals surface area contributed by atoms with Gasteiger partial charge in [0.15, 0.2) is 0 Å². The van der Waals surface area contributed by atoms with Crippen molar-refractivity contribution in [2.45, 2.75) is 6.54 Å². The van der Waals surface area contributed by atoms with Gasteiger partial charge in [0.05, 0.1) is 11.7 Å². The van der Waals surface area contributed by atoms with Gasteiger partial charge in [-0.3, -0.25) is 0 Å². The van der Waals surface area contributed by atoms with Crippen LogP contribution in [0.3, 0.4) is 0 Å². The lowest BCUT2D eigenvalue weighted by Gasteiger charge is -2.07. The molecule has 1 N–H and O–H groups in total. The Kier molecular flexibility index (Phi) is 2.64. The zero-order valence-corrected chi connectivity index (χ0v) is 11.4. The fourth-order valence-electron chi connectivity index (χ4n) is 2.87. The zero-order chi connectivity index (χ0) is 14.2. The maximum atomic E-state index is 9.67. The summed E-state index contributed by atoms with van der Waals surface area (Å²) in [6, 6.07) is 20.3. The standard InChI is InChI=1S/C18H14N2O/c21-18-10-15-14-8-4-5-9-16(14)20(17(15)11-19-18)12-13-6-2-1-3-7-13/h1-11H,12H2,(H,19,21). The second-order valence-corrected chi connectivity index (χ2v) is 5.15. The number of hydrogen-bond acceptors (Lipinski definition) is 2. The van der Waals surface area contributed by atoms with E-state index in [2.05, 4.69) is 33.8 Å². The van der Waals surface area contributed by atoms with Gasteiger partial charge in [0.2, 0.25) is 5.88 Å². The third-order valence-corrected chi connectivity index (χ3v) is 3.83. The molecule has 0 radical (unpaired) electrons. The summed E-state index contributed by atoms with van der Waals surface area (Å²) in [6.07, 6.45) is 1.74. The molecule has 0 aliphatic carbocycles. The van der Waals surface area contributed by atoms with Crippen molar-refractivity contribution in [1.29, 1.82) is 0 Å². The molecule has 0 aliphatic heterocycles. The Labute approximate surface area is 122 Å². The molecule has 0 saturated heterocycles.